The number of aliphatic hydroxyl groups excluding tert-OH is 1. The van der Waals surface area contributed by atoms with E-state index in [1.54, 1.807) is 0 Å². The van der Waals surface area contributed by atoms with Crippen molar-refractivity contribution in [2.45, 2.75) is 25.3 Å². The van der Waals surface area contributed by atoms with E-state index in [0.29, 0.717) is 6.42 Å². The summed E-state index contributed by atoms with van der Waals surface area (Å²) in [7, 11) is 0. The van der Waals surface area contributed by atoms with E-state index in [-0.39, 0.29) is 6.61 Å². The third-order valence-electron chi connectivity index (χ3n) is 3.67. The van der Waals surface area contributed by atoms with Crippen molar-refractivity contribution in [1.82, 2.24) is 10.6 Å². The number of carbonyl (C=O) groups excluding carboxylic acids is 2. The molecule has 2 aromatic carbocycles. The Morgan fingerprint density at radius 2 is 1.58 bits per heavy atom. The predicted octanol–water partition coefficient (Wildman–Crippen LogP) is 2.14. The average Bonchev–Trinajstić information content (AvgIpc) is 2.67. The lowest BCUT2D eigenvalue weighted by atomic mass is 10.0. The zero-order chi connectivity index (χ0) is 18.8. The molecule has 2 rings (SSSR count). The largest absolute Gasteiger partial charge is 0.445 e. The highest BCUT2D eigenvalue weighted by Crippen LogP contribution is 2.07. The van der Waals surface area contributed by atoms with E-state index in [2.05, 4.69) is 17.2 Å². The average molecular weight is 354 g/mol. The number of amides is 2. The van der Waals surface area contributed by atoms with Crippen LogP contribution in [0.25, 0.3) is 0 Å². The molecule has 0 fully saturated rings. The molecule has 2 aromatic rings. The molecule has 0 aliphatic heterocycles. The minimum absolute atomic E-state index is 0.111. The third kappa shape index (κ3) is 6.41. The molecule has 2 amide bonds. The molecular weight excluding hydrogens is 332 g/mol. The van der Waals surface area contributed by atoms with Crippen molar-refractivity contribution >= 4 is 12.0 Å². The summed E-state index contributed by atoms with van der Waals surface area (Å²) < 4.78 is 5.18. The summed E-state index contributed by atoms with van der Waals surface area (Å²) in [4.78, 5) is 23.5. The van der Waals surface area contributed by atoms with E-state index in [1.165, 1.54) is 0 Å². The maximum Gasteiger partial charge on any atom is 0.407 e. The van der Waals surface area contributed by atoms with Crippen molar-refractivity contribution in [1.29, 1.82) is 0 Å². The van der Waals surface area contributed by atoms with Gasteiger partial charge in [-0.3, -0.25) is 4.79 Å². The first kappa shape index (κ1) is 19.2. The molecule has 6 heteroatoms. The molecule has 0 saturated heterocycles. The Labute approximate surface area is 152 Å². The number of hydrogen-bond donors (Lipinski definition) is 3. The highest BCUT2D eigenvalue weighted by atomic mass is 16.5. The molecule has 0 spiro atoms. The first-order valence-corrected chi connectivity index (χ1v) is 8.20. The number of alkyl carbamates (subject to hydrolysis) is 1. The second-order valence-electron chi connectivity index (χ2n) is 5.66. The molecule has 0 heterocycles. The first-order chi connectivity index (χ1) is 12.6. The van der Waals surface area contributed by atoms with Crippen molar-refractivity contribution in [2.24, 2.45) is 0 Å². The van der Waals surface area contributed by atoms with Gasteiger partial charge in [0.15, 0.2) is 0 Å². The van der Waals surface area contributed by atoms with Gasteiger partial charge in [0, 0.05) is 0 Å². The van der Waals surface area contributed by atoms with Gasteiger partial charge >= 0.3 is 6.09 Å². The molecule has 0 radical (unpaired) electrons. The van der Waals surface area contributed by atoms with E-state index in [0.717, 1.165) is 17.2 Å². The first-order valence-electron chi connectivity index (χ1n) is 8.20. The van der Waals surface area contributed by atoms with Crippen molar-refractivity contribution in [2.75, 3.05) is 0 Å². The van der Waals surface area contributed by atoms with Gasteiger partial charge in [-0.15, -0.1) is 0 Å². The minimum Gasteiger partial charge on any atom is -0.445 e. The maximum absolute atomic E-state index is 12.1. The van der Waals surface area contributed by atoms with Gasteiger partial charge in [-0.1, -0.05) is 67.2 Å². The Morgan fingerprint density at radius 1 is 1.00 bits per heavy atom. The van der Waals surface area contributed by atoms with E-state index >= 15 is 0 Å². The molecule has 26 heavy (non-hydrogen) atoms. The number of carbonyl (C=O) groups is 2. The van der Waals surface area contributed by atoms with Crippen LogP contribution in [0, 0.1) is 0 Å². The molecule has 0 aliphatic carbocycles. The van der Waals surface area contributed by atoms with Crippen LogP contribution in [-0.4, -0.2) is 29.4 Å². The van der Waals surface area contributed by atoms with E-state index in [4.69, 9.17) is 4.74 Å². The number of ether oxygens (including phenoxy) is 1. The van der Waals surface area contributed by atoms with E-state index in [9.17, 15) is 14.7 Å². The minimum atomic E-state index is -1.29. The Morgan fingerprint density at radius 3 is 2.15 bits per heavy atom. The molecule has 136 valence electrons. The van der Waals surface area contributed by atoms with Gasteiger partial charge in [0.25, 0.3) is 0 Å². The molecule has 1 unspecified atom stereocenters. The molecule has 3 N–H and O–H groups in total. The van der Waals surface area contributed by atoms with Gasteiger partial charge < -0.3 is 20.5 Å². The van der Waals surface area contributed by atoms with Crippen LogP contribution in [0.3, 0.4) is 0 Å². The van der Waals surface area contributed by atoms with Gasteiger partial charge in [0.2, 0.25) is 5.91 Å². The van der Waals surface area contributed by atoms with Crippen LogP contribution in [0.2, 0.25) is 0 Å². The fourth-order valence-corrected chi connectivity index (χ4v) is 2.33. The Hall–Kier alpha value is -3.12. The Balaban J connectivity index is 1.98. The number of rotatable bonds is 8. The highest BCUT2D eigenvalue weighted by molar-refractivity contribution is 5.87. The molecular formula is C20H22N2O4. The zero-order valence-corrected chi connectivity index (χ0v) is 14.3. The summed E-state index contributed by atoms with van der Waals surface area (Å²) in [5, 5.41) is 15.2. The summed E-state index contributed by atoms with van der Waals surface area (Å²) in [6.07, 6.45) is -0.595. The topological polar surface area (TPSA) is 87.7 Å². The molecule has 6 nitrogen and oxygen atoms in total. The van der Waals surface area contributed by atoms with Gasteiger partial charge in [0.05, 0.1) is 6.04 Å². The number of hydrogen-bond acceptors (Lipinski definition) is 4. The zero-order valence-electron chi connectivity index (χ0n) is 14.3. The third-order valence-corrected chi connectivity index (χ3v) is 3.67. The quantitative estimate of drug-likeness (QED) is 0.501. The maximum atomic E-state index is 12.1. The second kappa shape index (κ2) is 10.0. The van der Waals surface area contributed by atoms with Crippen LogP contribution in [0.4, 0.5) is 4.79 Å². The second-order valence-corrected chi connectivity index (χ2v) is 5.66. The predicted molar refractivity (Wildman–Crippen MR) is 98.0 cm³/mol. The summed E-state index contributed by atoms with van der Waals surface area (Å²) in [5.74, 6) is -0.532. The Kier molecular flexibility index (Phi) is 7.39. The highest BCUT2D eigenvalue weighted by Gasteiger charge is 2.23. The van der Waals surface area contributed by atoms with Crippen LogP contribution in [-0.2, 0) is 22.6 Å². The monoisotopic (exact) mass is 354 g/mol. The lowest BCUT2D eigenvalue weighted by molar-refractivity contribution is -0.119. The van der Waals surface area contributed by atoms with Crippen molar-refractivity contribution in [3.05, 3.63) is 84.4 Å². The fraction of sp³-hybridized carbons (Fsp3) is 0.200. The molecule has 0 bridgehead atoms. The SMILES string of the molecule is C=CC(=O)NC(O)[C@H](Cc1ccccc1)NC(=O)OCc1ccccc1. The van der Waals surface area contributed by atoms with Gasteiger partial charge in [-0.05, 0) is 23.6 Å². The van der Waals surface area contributed by atoms with Gasteiger partial charge in [0.1, 0.15) is 12.8 Å². The smallest absolute Gasteiger partial charge is 0.407 e. The molecule has 0 aliphatic rings. The van der Waals surface area contributed by atoms with Crippen LogP contribution in [0.1, 0.15) is 11.1 Å². The summed E-state index contributed by atoms with van der Waals surface area (Å²) in [6, 6.07) is 17.8. The summed E-state index contributed by atoms with van der Waals surface area (Å²) in [5.41, 5.74) is 1.75. The van der Waals surface area contributed by atoms with Crippen LogP contribution >= 0.6 is 0 Å². The lowest BCUT2D eigenvalue weighted by Crippen LogP contribution is -2.52. The van der Waals surface area contributed by atoms with Crippen molar-refractivity contribution < 1.29 is 19.4 Å². The van der Waals surface area contributed by atoms with Gasteiger partial charge in [-0.25, -0.2) is 4.79 Å². The lowest BCUT2D eigenvalue weighted by Gasteiger charge is -2.24. The van der Waals surface area contributed by atoms with Crippen LogP contribution < -0.4 is 10.6 Å². The number of nitrogens with one attached hydrogen (secondary N) is 2. The molecule has 2 atom stereocenters. The normalized spacial score (nSPS) is 12.5. The van der Waals surface area contributed by atoms with Crippen molar-refractivity contribution in [3.8, 4) is 0 Å². The van der Waals surface area contributed by atoms with E-state index in [1.807, 2.05) is 60.7 Å². The Bertz CT molecular complexity index is 719. The van der Waals surface area contributed by atoms with Crippen LogP contribution in [0.15, 0.2) is 73.3 Å². The standard InChI is InChI=1S/C20H22N2O4/c1-2-18(23)22-19(24)17(13-15-9-5-3-6-10-15)21-20(25)26-14-16-11-7-4-8-12-16/h2-12,17,19,24H,1,13-14H2,(H,21,25)(H,22,23)/t17-,19?/m0/s1. The summed E-state index contributed by atoms with van der Waals surface area (Å²) in [6.45, 7) is 3.46. The van der Waals surface area contributed by atoms with Crippen LogP contribution in [0.5, 0.6) is 0 Å². The van der Waals surface area contributed by atoms with E-state index < -0.39 is 24.3 Å². The molecule has 0 aromatic heterocycles. The fourth-order valence-electron chi connectivity index (χ4n) is 2.33. The molecule has 0 saturated carbocycles. The van der Waals surface area contributed by atoms with Gasteiger partial charge in [-0.2, -0.15) is 0 Å². The summed E-state index contributed by atoms with van der Waals surface area (Å²) >= 11 is 0. The van der Waals surface area contributed by atoms with Crippen molar-refractivity contribution in [3.63, 3.8) is 0 Å². The number of benzene rings is 2. The number of aliphatic hydroxyl groups is 1.